The molecule has 2 atom stereocenters. The van der Waals surface area contributed by atoms with Gasteiger partial charge in [0.15, 0.2) is 0 Å². The molecule has 0 bridgehead atoms. The average molecular weight is 257 g/mol. The van der Waals surface area contributed by atoms with Gasteiger partial charge in [-0.15, -0.1) is 0 Å². The van der Waals surface area contributed by atoms with Crippen molar-refractivity contribution in [2.24, 2.45) is 5.92 Å². The molecule has 5 nitrogen and oxygen atoms in total. The molecule has 0 aromatic carbocycles. The first-order valence-electron chi connectivity index (χ1n) is 6.50. The summed E-state index contributed by atoms with van der Waals surface area (Å²) in [7, 11) is 0. The van der Waals surface area contributed by atoms with Crippen LogP contribution < -0.4 is 0 Å². The second-order valence-electron chi connectivity index (χ2n) is 5.06. The number of nitrogens with zero attached hydrogens (tertiary/aromatic N) is 3. The van der Waals surface area contributed by atoms with Crippen molar-refractivity contribution in [1.29, 1.82) is 0 Å². The first-order chi connectivity index (χ1) is 9.24. The predicted octanol–water partition coefficient (Wildman–Crippen LogP) is 2.60. The summed E-state index contributed by atoms with van der Waals surface area (Å²) in [5.74, 6) is 2.03. The Morgan fingerprint density at radius 2 is 2.11 bits per heavy atom. The van der Waals surface area contributed by atoms with E-state index in [9.17, 15) is 4.79 Å². The van der Waals surface area contributed by atoms with Crippen molar-refractivity contribution in [2.75, 3.05) is 0 Å². The number of pyridine rings is 1. The van der Waals surface area contributed by atoms with Gasteiger partial charge in [0.25, 0.3) is 0 Å². The number of rotatable bonds is 2. The third-order valence-electron chi connectivity index (χ3n) is 3.67. The Labute approximate surface area is 111 Å². The molecule has 0 saturated heterocycles. The maximum Gasteiger partial charge on any atom is 0.230 e. The Bertz CT molecular complexity index is 579. The minimum Gasteiger partial charge on any atom is -0.339 e. The standard InChI is InChI=1S/C14H15N3O2/c1-9-8-11(18)2-3-12(9)14-16-13(17-19-14)10-4-6-15-7-5-10/h4-7,9,12H,2-3,8H2,1H3/t9-,12-/m1/s1. The van der Waals surface area contributed by atoms with Crippen LogP contribution in [-0.2, 0) is 4.79 Å². The van der Waals surface area contributed by atoms with Crippen molar-refractivity contribution >= 4 is 5.78 Å². The Balaban J connectivity index is 1.84. The second kappa shape index (κ2) is 4.91. The van der Waals surface area contributed by atoms with Gasteiger partial charge in [0, 0.05) is 36.7 Å². The molecule has 98 valence electrons. The van der Waals surface area contributed by atoms with Gasteiger partial charge in [-0.25, -0.2) is 0 Å². The fraction of sp³-hybridized carbons (Fsp3) is 0.429. The highest BCUT2D eigenvalue weighted by Gasteiger charge is 2.31. The quantitative estimate of drug-likeness (QED) is 0.827. The molecule has 3 rings (SSSR count). The van der Waals surface area contributed by atoms with E-state index < -0.39 is 0 Å². The van der Waals surface area contributed by atoms with Gasteiger partial charge in [-0.3, -0.25) is 9.78 Å². The lowest BCUT2D eigenvalue weighted by molar-refractivity contribution is -0.121. The maximum atomic E-state index is 11.4. The van der Waals surface area contributed by atoms with E-state index in [0.717, 1.165) is 12.0 Å². The zero-order valence-corrected chi connectivity index (χ0v) is 10.7. The Morgan fingerprint density at radius 1 is 1.32 bits per heavy atom. The Kier molecular flexibility index (Phi) is 3.11. The van der Waals surface area contributed by atoms with Gasteiger partial charge < -0.3 is 4.52 Å². The number of hydrogen-bond donors (Lipinski definition) is 0. The van der Waals surface area contributed by atoms with E-state index in [4.69, 9.17) is 4.52 Å². The smallest absolute Gasteiger partial charge is 0.230 e. The van der Waals surface area contributed by atoms with Crippen LogP contribution in [0.4, 0.5) is 0 Å². The van der Waals surface area contributed by atoms with E-state index in [-0.39, 0.29) is 11.8 Å². The summed E-state index contributed by atoms with van der Waals surface area (Å²) in [5, 5.41) is 4.02. The topological polar surface area (TPSA) is 68.9 Å². The lowest BCUT2D eigenvalue weighted by Crippen LogP contribution is -2.21. The van der Waals surface area contributed by atoms with Crippen LogP contribution in [0.2, 0.25) is 0 Å². The number of aromatic nitrogens is 3. The molecular weight excluding hydrogens is 242 g/mol. The predicted molar refractivity (Wildman–Crippen MR) is 68.3 cm³/mol. The average Bonchev–Trinajstić information content (AvgIpc) is 2.89. The van der Waals surface area contributed by atoms with Gasteiger partial charge in [-0.2, -0.15) is 4.98 Å². The number of carbonyl (C=O) groups is 1. The molecule has 2 heterocycles. The highest BCUT2D eigenvalue weighted by Crippen LogP contribution is 2.35. The number of Topliss-reactive ketones (excluding diaryl/α,β-unsaturated/α-hetero) is 1. The molecule has 0 aliphatic heterocycles. The molecule has 19 heavy (non-hydrogen) atoms. The molecule has 1 saturated carbocycles. The molecule has 1 fully saturated rings. The first kappa shape index (κ1) is 12.0. The Hall–Kier alpha value is -2.04. The first-order valence-corrected chi connectivity index (χ1v) is 6.50. The van der Waals surface area contributed by atoms with Gasteiger partial charge >= 0.3 is 0 Å². The monoisotopic (exact) mass is 257 g/mol. The van der Waals surface area contributed by atoms with Crippen LogP contribution in [0, 0.1) is 5.92 Å². The van der Waals surface area contributed by atoms with Crippen LogP contribution in [0.1, 0.15) is 38.0 Å². The molecule has 5 heteroatoms. The SMILES string of the molecule is C[C@@H]1CC(=O)CC[C@H]1c1nc(-c2ccncc2)no1. The molecule has 0 amide bonds. The molecule has 1 aliphatic rings. The lowest BCUT2D eigenvalue weighted by Gasteiger charge is -2.24. The highest BCUT2D eigenvalue weighted by atomic mass is 16.5. The highest BCUT2D eigenvalue weighted by molar-refractivity contribution is 5.79. The van der Waals surface area contributed by atoms with Crippen LogP contribution in [-0.4, -0.2) is 20.9 Å². The van der Waals surface area contributed by atoms with E-state index in [1.54, 1.807) is 12.4 Å². The minimum atomic E-state index is 0.195. The van der Waals surface area contributed by atoms with Gasteiger partial charge in [0.05, 0.1) is 0 Å². The lowest BCUT2D eigenvalue weighted by atomic mass is 9.80. The van der Waals surface area contributed by atoms with Gasteiger partial charge in [0.1, 0.15) is 5.78 Å². The molecule has 0 unspecified atom stereocenters. The third kappa shape index (κ3) is 2.41. The largest absolute Gasteiger partial charge is 0.339 e. The van der Waals surface area contributed by atoms with Crippen LogP contribution in [0.15, 0.2) is 29.0 Å². The molecule has 1 aliphatic carbocycles. The third-order valence-corrected chi connectivity index (χ3v) is 3.67. The van der Waals surface area contributed by atoms with E-state index in [2.05, 4.69) is 22.0 Å². The summed E-state index contributed by atoms with van der Waals surface area (Å²) in [6.07, 6.45) is 5.43. The molecule has 2 aromatic rings. The molecule has 0 N–H and O–H groups in total. The summed E-state index contributed by atoms with van der Waals surface area (Å²) in [6.45, 7) is 2.07. The molecule has 0 radical (unpaired) electrons. The fourth-order valence-electron chi connectivity index (χ4n) is 2.58. The number of ketones is 1. The van der Waals surface area contributed by atoms with Crippen molar-refractivity contribution in [1.82, 2.24) is 15.1 Å². The zero-order chi connectivity index (χ0) is 13.2. The molecule has 0 spiro atoms. The van der Waals surface area contributed by atoms with Crippen LogP contribution in [0.5, 0.6) is 0 Å². The summed E-state index contributed by atoms with van der Waals surface area (Å²) >= 11 is 0. The molecular formula is C14H15N3O2. The summed E-state index contributed by atoms with van der Waals surface area (Å²) in [5.41, 5.74) is 0.893. The van der Waals surface area contributed by atoms with Gasteiger partial charge in [-0.05, 0) is 24.5 Å². The maximum absolute atomic E-state index is 11.4. The normalized spacial score (nSPS) is 23.5. The van der Waals surface area contributed by atoms with Crippen molar-refractivity contribution in [3.05, 3.63) is 30.4 Å². The van der Waals surface area contributed by atoms with E-state index >= 15 is 0 Å². The van der Waals surface area contributed by atoms with E-state index in [1.807, 2.05) is 12.1 Å². The van der Waals surface area contributed by atoms with Crippen molar-refractivity contribution in [3.63, 3.8) is 0 Å². The van der Waals surface area contributed by atoms with E-state index in [1.165, 1.54) is 0 Å². The van der Waals surface area contributed by atoms with E-state index in [0.29, 0.717) is 30.3 Å². The number of carbonyl (C=O) groups excluding carboxylic acids is 1. The van der Waals surface area contributed by atoms with Gasteiger partial charge in [0.2, 0.25) is 11.7 Å². The zero-order valence-electron chi connectivity index (χ0n) is 10.7. The molecule has 2 aromatic heterocycles. The summed E-state index contributed by atoms with van der Waals surface area (Å²) in [4.78, 5) is 19.8. The Morgan fingerprint density at radius 3 is 2.84 bits per heavy atom. The van der Waals surface area contributed by atoms with Crippen molar-refractivity contribution in [2.45, 2.75) is 32.1 Å². The fourth-order valence-corrected chi connectivity index (χ4v) is 2.58. The van der Waals surface area contributed by atoms with Crippen LogP contribution >= 0.6 is 0 Å². The second-order valence-corrected chi connectivity index (χ2v) is 5.06. The van der Waals surface area contributed by atoms with Gasteiger partial charge in [-0.1, -0.05) is 12.1 Å². The summed E-state index contributed by atoms with van der Waals surface area (Å²) in [6, 6.07) is 3.70. The van der Waals surface area contributed by atoms with Crippen LogP contribution in [0.25, 0.3) is 11.4 Å². The van der Waals surface area contributed by atoms with Crippen LogP contribution in [0.3, 0.4) is 0 Å². The minimum absolute atomic E-state index is 0.195. The number of hydrogen-bond acceptors (Lipinski definition) is 5. The summed E-state index contributed by atoms with van der Waals surface area (Å²) < 4.78 is 5.37. The van der Waals surface area contributed by atoms with Crippen molar-refractivity contribution < 1.29 is 9.32 Å². The van der Waals surface area contributed by atoms with Crippen molar-refractivity contribution in [3.8, 4) is 11.4 Å².